The van der Waals surface area contributed by atoms with E-state index in [1.54, 1.807) is 0 Å². The number of alkyl halides is 4. The van der Waals surface area contributed by atoms with Crippen LogP contribution >= 0.6 is 80.9 Å². The summed E-state index contributed by atoms with van der Waals surface area (Å²) in [6, 6.07) is 1.50. The fraction of sp³-hybridized carbons (Fsp3) is 0.429. The molecule has 104 valence electrons. The molecule has 0 fully saturated rings. The first-order valence-electron chi connectivity index (χ1n) is 4.11. The van der Waals surface area contributed by atoms with E-state index in [2.05, 4.69) is 0 Å². The molecule has 0 saturated carbocycles. The first-order chi connectivity index (χ1) is 8.01. The topological polar surface area (TPSA) is 20.3 Å². The fourth-order valence-electron chi connectivity index (χ4n) is 0.971. The molecular formula is C7H5Cl6NOS3. The van der Waals surface area contributed by atoms with Gasteiger partial charge in [0.1, 0.15) is 4.34 Å². The smallest absolute Gasteiger partial charge is 0.241 e. The zero-order valence-electron chi connectivity index (χ0n) is 8.50. The molecule has 0 saturated heterocycles. The maximum absolute atomic E-state index is 12.5. The lowest BCUT2D eigenvalue weighted by atomic mass is 10.5. The second kappa shape index (κ2) is 6.16. The van der Waals surface area contributed by atoms with Gasteiger partial charge in [0.25, 0.3) is 0 Å². The third-order valence-corrected chi connectivity index (χ3v) is 10.3. The third kappa shape index (κ3) is 3.26. The number of thiophene rings is 1. The predicted molar refractivity (Wildman–Crippen MR) is 88.2 cm³/mol. The molecule has 1 unspecified atom stereocenters. The lowest BCUT2D eigenvalue weighted by Crippen LogP contribution is -2.42. The van der Waals surface area contributed by atoms with Crippen LogP contribution in [0.1, 0.15) is 0 Å². The lowest BCUT2D eigenvalue weighted by Gasteiger charge is -2.31. The van der Waals surface area contributed by atoms with Gasteiger partial charge in [-0.1, -0.05) is 46.4 Å². The Labute approximate surface area is 144 Å². The molecule has 0 aliphatic heterocycles. The third-order valence-electron chi connectivity index (χ3n) is 1.94. The summed E-state index contributed by atoms with van der Waals surface area (Å²) in [7, 11) is -1.98. The predicted octanol–water partition coefficient (Wildman–Crippen LogP) is 5.09. The Bertz CT molecular complexity index is 539. The van der Waals surface area contributed by atoms with Crippen LogP contribution in [0.4, 0.5) is 5.69 Å². The molecule has 0 aliphatic rings. The number of halogens is 6. The summed E-state index contributed by atoms with van der Waals surface area (Å²) in [5, 5.41) is 0. The average Bonchev–Trinajstić information content (AvgIpc) is 2.55. The van der Waals surface area contributed by atoms with E-state index in [9.17, 15) is 4.21 Å². The first kappa shape index (κ1) is 17.7. The highest BCUT2D eigenvalue weighted by Crippen LogP contribution is 2.44. The second-order valence-electron chi connectivity index (χ2n) is 3.04. The Morgan fingerprint density at radius 2 is 1.94 bits per heavy atom. The summed E-state index contributed by atoms with van der Waals surface area (Å²) in [6.45, 7) is 0. The molecule has 0 bridgehead atoms. The summed E-state index contributed by atoms with van der Waals surface area (Å²) < 4.78 is 12.4. The highest BCUT2D eigenvalue weighted by molar-refractivity contribution is 8.35. The van der Waals surface area contributed by atoms with Gasteiger partial charge in [0.15, 0.2) is 13.5 Å². The van der Waals surface area contributed by atoms with Crippen LogP contribution in [0.5, 0.6) is 0 Å². The monoisotopic (exact) mass is 425 g/mol. The van der Waals surface area contributed by atoms with Crippen LogP contribution in [0, 0.1) is 0 Å². The quantitative estimate of drug-likeness (QED) is 0.624. The van der Waals surface area contributed by atoms with E-state index in [1.807, 2.05) is 0 Å². The number of nitrogens with zero attached hydrogens (tertiary/aromatic N) is 1. The van der Waals surface area contributed by atoms with Crippen molar-refractivity contribution >= 4 is 106 Å². The van der Waals surface area contributed by atoms with Gasteiger partial charge in [-0.3, -0.25) is 4.31 Å². The Balaban J connectivity index is 3.26. The fourth-order valence-corrected chi connectivity index (χ4v) is 5.79. The average molecular weight is 428 g/mol. The summed E-state index contributed by atoms with van der Waals surface area (Å²) in [4.78, 5) is -1.33. The van der Waals surface area contributed by atoms with Gasteiger partial charge in [-0.25, -0.2) is 4.21 Å². The largest absolute Gasteiger partial charge is 0.289 e. The maximum Gasteiger partial charge on any atom is 0.241 e. The summed E-state index contributed by atoms with van der Waals surface area (Å²) in [5.41, 5.74) is 0.353. The Morgan fingerprint density at radius 1 is 1.44 bits per heavy atom. The van der Waals surface area contributed by atoms with Gasteiger partial charge in [0, 0.05) is 18.2 Å². The molecule has 1 atom stereocenters. The summed E-state index contributed by atoms with van der Waals surface area (Å²) in [6.07, 6.45) is 0. The van der Waals surface area contributed by atoms with Crippen LogP contribution in [0.25, 0.3) is 0 Å². The Hall–Kier alpha value is 1.61. The molecule has 1 rings (SSSR count). The van der Waals surface area contributed by atoms with Crippen LogP contribution in [-0.4, -0.2) is 19.8 Å². The van der Waals surface area contributed by atoms with E-state index >= 15 is 0 Å². The molecule has 0 spiro atoms. The molecule has 0 radical (unpaired) electrons. The minimum atomic E-state index is -3.40. The van der Waals surface area contributed by atoms with Crippen LogP contribution in [0.15, 0.2) is 6.07 Å². The van der Waals surface area contributed by atoms with Crippen molar-refractivity contribution in [2.45, 2.75) is 8.50 Å². The van der Waals surface area contributed by atoms with E-state index in [0.29, 0.717) is 14.4 Å². The van der Waals surface area contributed by atoms with Gasteiger partial charge in [0.2, 0.25) is 3.67 Å². The summed E-state index contributed by atoms with van der Waals surface area (Å²) >= 11 is 40.7. The van der Waals surface area contributed by atoms with Gasteiger partial charge in [-0.15, -0.1) is 34.5 Å². The van der Waals surface area contributed by atoms with E-state index in [-0.39, 0.29) is 0 Å². The highest BCUT2D eigenvalue weighted by Gasteiger charge is 2.46. The van der Waals surface area contributed by atoms with Crippen molar-refractivity contribution < 1.29 is 4.21 Å². The molecule has 2 nitrogen and oxygen atoms in total. The standard InChI is InChI=1S/C7H5Cl6NOS3/c1-14(3-2-4(8)17-5(3)9)18(15,16)7(12,13)6(10)11/h2,6H,1H3. The van der Waals surface area contributed by atoms with Gasteiger partial charge in [-0.2, -0.15) is 0 Å². The van der Waals surface area contributed by atoms with Gasteiger partial charge < -0.3 is 0 Å². The zero-order valence-corrected chi connectivity index (χ0v) is 15.5. The molecule has 1 aromatic heterocycles. The SMILES string of the molecule is CN(c1cc(Cl)sc1Cl)S(=O)(=S)C(Cl)(Cl)C(Cl)Cl. The van der Waals surface area contributed by atoms with Crippen LogP contribution in [-0.2, 0) is 19.9 Å². The van der Waals surface area contributed by atoms with Gasteiger partial charge >= 0.3 is 0 Å². The Morgan fingerprint density at radius 3 is 2.28 bits per heavy atom. The lowest BCUT2D eigenvalue weighted by molar-refractivity contribution is 0.676. The van der Waals surface area contributed by atoms with Crippen molar-refractivity contribution in [3.63, 3.8) is 0 Å². The number of hydrogen-bond acceptors (Lipinski definition) is 3. The molecule has 11 heteroatoms. The minimum absolute atomic E-state index is 0.310. The molecule has 1 aromatic rings. The summed E-state index contributed by atoms with van der Waals surface area (Å²) in [5.74, 6) is 0. The first-order valence-corrected chi connectivity index (χ1v) is 9.75. The van der Waals surface area contributed by atoms with Crippen molar-refractivity contribution in [1.82, 2.24) is 0 Å². The number of anilines is 1. The molecule has 1 heterocycles. The second-order valence-corrected chi connectivity index (χ2v) is 11.8. The zero-order chi connectivity index (χ0) is 14.3. The van der Waals surface area contributed by atoms with Crippen molar-refractivity contribution in [1.29, 1.82) is 0 Å². The van der Waals surface area contributed by atoms with Crippen molar-refractivity contribution in [2.24, 2.45) is 0 Å². The number of hydrogen-bond donors (Lipinski definition) is 0. The van der Waals surface area contributed by atoms with E-state index in [4.69, 9.17) is 80.8 Å². The molecule has 18 heavy (non-hydrogen) atoms. The van der Waals surface area contributed by atoms with Crippen molar-refractivity contribution in [2.75, 3.05) is 11.4 Å². The number of rotatable bonds is 4. The molecular weight excluding hydrogens is 423 g/mol. The maximum atomic E-state index is 12.5. The Kier molecular flexibility index (Phi) is 6.04. The molecule has 0 N–H and O–H groups in total. The molecule has 0 amide bonds. The minimum Gasteiger partial charge on any atom is -0.289 e. The molecule has 0 aromatic carbocycles. The van der Waals surface area contributed by atoms with Gasteiger partial charge in [0.05, 0.1) is 10.0 Å². The molecule has 0 aliphatic carbocycles. The normalized spacial score (nSPS) is 15.8. The van der Waals surface area contributed by atoms with E-state index in [1.165, 1.54) is 13.1 Å². The van der Waals surface area contributed by atoms with E-state index in [0.717, 1.165) is 15.6 Å². The van der Waals surface area contributed by atoms with Gasteiger partial charge in [-0.05, 0) is 6.07 Å². The van der Waals surface area contributed by atoms with E-state index < -0.39 is 17.2 Å². The highest BCUT2D eigenvalue weighted by atomic mass is 35.5. The van der Waals surface area contributed by atoms with Crippen molar-refractivity contribution in [3.05, 3.63) is 14.7 Å². The van der Waals surface area contributed by atoms with Crippen molar-refractivity contribution in [3.8, 4) is 0 Å². The van der Waals surface area contributed by atoms with Crippen LogP contribution in [0.3, 0.4) is 0 Å². The van der Waals surface area contributed by atoms with Crippen LogP contribution < -0.4 is 4.31 Å². The van der Waals surface area contributed by atoms with Crippen LogP contribution in [0.2, 0.25) is 8.67 Å².